The maximum Gasteiger partial charge on any atom is 0.305 e. The summed E-state index contributed by atoms with van der Waals surface area (Å²) in [6.07, 6.45) is 2.51. The van der Waals surface area contributed by atoms with Crippen molar-refractivity contribution in [1.29, 1.82) is 0 Å². The minimum absolute atomic E-state index is 0.0886. The first-order valence-corrected chi connectivity index (χ1v) is 8.44. The van der Waals surface area contributed by atoms with Crippen molar-refractivity contribution in [3.63, 3.8) is 0 Å². The Morgan fingerprint density at radius 2 is 2.17 bits per heavy atom. The highest BCUT2D eigenvalue weighted by Gasteiger charge is 2.32. The van der Waals surface area contributed by atoms with Crippen LogP contribution < -0.4 is 4.74 Å². The summed E-state index contributed by atoms with van der Waals surface area (Å²) in [5, 5.41) is 8.75. The number of thioether (sulfide) groups is 1. The summed E-state index contributed by atoms with van der Waals surface area (Å²) in [7, 11) is 0. The molecule has 1 N–H and O–H groups in total. The number of nitrogens with zero attached hydrogens (tertiary/aromatic N) is 1. The maximum absolute atomic E-state index is 12.4. The van der Waals surface area contributed by atoms with Gasteiger partial charge in [-0.15, -0.1) is 0 Å². The average molecular weight is 351 g/mol. The molecule has 0 aliphatic carbocycles. The Kier molecular flexibility index (Phi) is 6.18. The zero-order chi connectivity index (χ0) is 16.8. The first-order chi connectivity index (χ1) is 11.0. The molecule has 23 heavy (non-hydrogen) atoms. The van der Waals surface area contributed by atoms with E-state index in [-0.39, 0.29) is 18.9 Å². The highest BCUT2D eigenvalue weighted by molar-refractivity contribution is 8.26. The lowest BCUT2D eigenvalue weighted by atomic mass is 10.2. The second-order valence-corrected chi connectivity index (χ2v) is 6.54. The van der Waals surface area contributed by atoms with Crippen molar-refractivity contribution in [2.45, 2.75) is 19.8 Å². The van der Waals surface area contributed by atoms with E-state index >= 15 is 0 Å². The van der Waals surface area contributed by atoms with Gasteiger partial charge in [0.25, 0.3) is 5.91 Å². The van der Waals surface area contributed by atoms with E-state index in [4.69, 9.17) is 22.1 Å². The summed E-state index contributed by atoms with van der Waals surface area (Å²) in [5.41, 5.74) is 0.805. The van der Waals surface area contributed by atoms with Gasteiger partial charge in [-0.3, -0.25) is 14.5 Å². The first-order valence-electron chi connectivity index (χ1n) is 7.22. The third kappa shape index (κ3) is 4.56. The third-order valence-electron chi connectivity index (χ3n) is 3.09. The molecule has 5 nitrogen and oxygen atoms in total. The van der Waals surface area contributed by atoms with Crippen molar-refractivity contribution in [2.75, 3.05) is 13.2 Å². The molecule has 0 saturated carbocycles. The summed E-state index contributed by atoms with van der Waals surface area (Å²) < 4.78 is 6.06. The number of carboxylic acids is 1. The molecule has 1 aliphatic rings. The van der Waals surface area contributed by atoms with E-state index in [1.165, 1.54) is 16.7 Å². The van der Waals surface area contributed by atoms with Gasteiger partial charge in [-0.05, 0) is 18.6 Å². The van der Waals surface area contributed by atoms with Gasteiger partial charge in [-0.25, -0.2) is 0 Å². The van der Waals surface area contributed by atoms with Crippen molar-refractivity contribution in [3.05, 3.63) is 34.7 Å². The van der Waals surface area contributed by atoms with Crippen molar-refractivity contribution in [2.24, 2.45) is 0 Å². The Bertz CT molecular complexity index is 657. The van der Waals surface area contributed by atoms with E-state index in [1.54, 1.807) is 6.08 Å². The normalized spacial score (nSPS) is 16.2. The van der Waals surface area contributed by atoms with Crippen LogP contribution in [0.3, 0.4) is 0 Å². The fraction of sp³-hybridized carbons (Fsp3) is 0.312. The molecule has 0 atom stereocenters. The number of thiocarbonyl (C=S) groups is 1. The minimum Gasteiger partial charge on any atom is -0.493 e. The van der Waals surface area contributed by atoms with Crippen LogP contribution in [0.4, 0.5) is 0 Å². The first kappa shape index (κ1) is 17.5. The van der Waals surface area contributed by atoms with Gasteiger partial charge in [-0.1, -0.05) is 49.1 Å². The quantitative estimate of drug-likeness (QED) is 0.601. The second-order valence-electron chi connectivity index (χ2n) is 4.86. The number of carbonyl (C=O) groups is 2. The smallest absolute Gasteiger partial charge is 0.305 e. The van der Waals surface area contributed by atoms with Crippen LogP contribution in [0, 0.1) is 0 Å². The number of rotatable bonds is 7. The Morgan fingerprint density at radius 3 is 2.87 bits per heavy atom. The van der Waals surface area contributed by atoms with E-state index in [0.717, 1.165) is 12.0 Å². The molecule has 1 aromatic carbocycles. The standard InChI is InChI=1S/C16H17NO4S2/c1-2-9-21-12-6-4-3-5-11(12)10-13-15(20)17(16(22)23-13)8-7-14(18)19/h3-6,10H,2,7-9H2,1H3,(H,18,19). The number of aliphatic carboxylic acids is 1. The minimum atomic E-state index is -0.957. The van der Waals surface area contributed by atoms with Gasteiger partial charge in [-0.2, -0.15) is 0 Å². The Balaban J connectivity index is 2.19. The van der Waals surface area contributed by atoms with Gasteiger partial charge in [0.05, 0.1) is 17.9 Å². The molecule has 0 bridgehead atoms. The molecule has 0 radical (unpaired) electrons. The van der Waals surface area contributed by atoms with Crippen LogP contribution in [0.1, 0.15) is 25.3 Å². The lowest BCUT2D eigenvalue weighted by molar-refractivity contribution is -0.137. The molecule has 7 heteroatoms. The number of para-hydroxylation sites is 1. The number of amides is 1. The van der Waals surface area contributed by atoms with Crippen molar-refractivity contribution in [1.82, 2.24) is 4.90 Å². The largest absolute Gasteiger partial charge is 0.493 e. The topological polar surface area (TPSA) is 66.8 Å². The maximum atomic E-state index is 12.4. The Hall–Kier alpha value is -1.86. The number of hydrogen-bond donors (Lipinski definition) is 1. The van der Waals surface area contributed by atoms with E-state index in [2.05, 4.69) is 0 Å². The number of hydrogen-bond acceptors (Lipinski definition) is 5. The molecule has 1 aliphatic heterocycles. The summed E-state index contributed by atoms with van der Waals surface area (Å²) in [4.78, 5) is 24.8. The average Bonchev–Trinajstić information content (AvgIpc) is 2.78. The van der Waals surface area contributed by atoms with E-state index < -0.39 is 5.97 Å². The van der Waals surface area contributed by atoms with Crippen molar-refractivity contribution < 1.29 is 19.4 Å². The number of benzene rings is 1. The molecule has 1 heterocycles. The number of ether oxygens (including phenoxy) is 1. The molecule has 0 aromatic heterocycles. The molecule has 1 saturated heterocycles. The number of carboxylic acid groups (broad SMARTS) is 1. The fourth-order valence-electron chi connectivity index (χ4n) is 1.98. The van der Waals surface area contributed by atoms with Crippen LogP contribution in [0.2, 0.25) is 0 Å². The van der Waals surface area contributed by atoms with Crippen LogP contribution in [0.25, 0.3) is 6.08 Å². The predicted molar refractivity (Wildman–Crippen MR) is 94.4 cm³/mol. The fourth-order valence-corrected chi connectivity index (χ4v) is 3.28. The van der Waals surface area contributed by atoms with Crippen LogP contribution in [0.15, 0.2) is 29.2 Å². The van der Waals surface area contributed by atoms with Crippen LogP contribution in [-0.4, -0.2) is 39.4 Å². The zero-order valence-electron chi connectivity index (χ0n) is 12.7. The van der Waals surface area contributed by atoms with Gasteiger partial charge < -0.3 is 9.84 Å². The highest BCUT2D eigenvalue weighted by Crippen LogP contribution is 2.34. The second kappa shape index (κ2) is 8.12. The zero-order valence-corrected chi connectivity index (χ0v) is 14.3. The van der Waals surface area contributed by atoms with Crippen LogP contribution in [-0.2, 0) is 9.59 Å². The summed E-state index contributed by atoms with van der Waals surface area (Å²) in [6.45, 7) is 2.71. The molecule has 122 valence electrons. The van der Waals surface area contributed by atoms with Gasteiger partial charge in [0, 0.05) is 12.1 Å². The third-order valence-corrected chi connectivity index (χ3v) is 4.47. The lowest BCUT2D eigenvalue weighted by Gasteiger charge is -2.12. The van der Waals surface area contributed by atoms with Gasteiger partial charge >= 0.3 is 5.97 Å². The number of carbonyl (C=O) groups excluding carboxylic acids is 1. The van der Waals surface area contributed by atoms with Gasteiger partial charge in [0.1, 0.15) is 10.1 Å². The molecule has 0 spiro atoms. The van der Waals surface area contributed by atoms with E-state index in [1.807, 2.05) is 31.2 Å². The van der Waals surface area contributed by atoms with E-state index in [9.17, 15) is 9.59 Å². The summed E-state index contributed by atoms with van der Waals surface area (Å²) in [5.74, 6) is -0.502. The molecule has 1 amide bonds. The molecule has 2 rings (SSSR count). The molecule has 0 unspecified atom stereocenters. The van der Waals surface area contributed by atoms with Crippen molar-refractivity contribution >= 4 is 46.3 Å². The van der Waals surface area contributed by atoms with E-state index in [0.29, 0.717) is 21.6 Å². The Morgan fingerprint density at radius 1 is 1.43 bits per heavy atom. The van der Waals surface area contributed by atoms with Crippen molar-refractivity contribution in [3.8, 4) is 5.75 Å². The molecular formula is C16H17NO4S2. The molecule has 1 aromatic rings. The van der Waals surface area contributed by atoms with Crippen LogP contribution >= 0.6 is 24.0 Å². The Labute approximate surface area is 144 Å². The SMILES string of the molecule is CCCOc1ccccc1C=C1SC(=S)N(CCC(=O)O)C1=O. The van der Waals surface area contributed by atoms with Gasteiger partial charge in [0.15, 0.2) is 0 Å². The monoisotopic (exact) mass is 351 g/mol. The summed E-state index contributed by atoms with van der Waals surface area (Å²) in [6, 6.07) is 7.47. The van der Waals surface area contributed by atoms with Gasteiger partial charge in [0.2, 0.25) is 0 Å². The lowest BCUT2D eigenvalue weighted by Crippen LogP contribution is -2.30. The summed E-state index contributed by atoms with van der Waals surface area (Å²) >= 11 is 6.35. The highest BCUT2D eigenvalue weighted by atomic mass is 32.2. The molecular weight excluding hydrogens is 334 g/mol. The molecule has 1 fully saturated rings. The predicted octanol–water partition coefficient (Wildman–Crippen LogP) is 3.15. The van der Waals surface area contributed by atoms with Crippen LogP contribution in [0.5, 0.6) is 5.75 Å².